The Hall–Kier alpha value is -1.97. The molecule has 0 aliphatic heterocycles. The van der Waals surface area contributed by atoms with Crippen molar-refractivity contribution >= 4 is 5.97 Å². The number of rotatable bonds is 8. The summed E-state index contributed by atoms with van der Waals surface area (Å²) in [4.78, 5) is 10.6. The smallest absolute Gasteiger partial charge is 0.335 e. The van der Waals surface area contributed by atoms with Gasteiger partial charge < -0.3 is 14.6 Å². The van der Waals surface area contributed by atoms with Crippen LogP contribution >= 0.6 is 0 Å². The van der Waals surface area contributed by atoms with E-state index in [1.54, 1.807) is 12.1 Å². The number of benzene rings is 1. The van der Waals surface area contributed by atoms with Gasteiger partial charge in [-0.2, -0.15) is 0 Å². The summed E-state index contributed by atoms with van der Waals surface area (Å²) >= 11 is 0. The van der Waals surface area contributed by atoms with Crippen molar-refractivity contribution < 1.29 is 19.4 Å². The lowest BCUT2D eigenvalue weighted by Gasteiger charge is -2.06. The zero-order valence-electron chi connectivity index (χ0n) is 9.59. The average molecular weight is 236 g/mol. The molecule has 1 aromatic carbocycles. The standard InChI is InChI=1S/C13H16O4/c1-2-16-9-3-4-10-17-12-7-5-11(6-8-12)13(14)15/h2,5-8H,1,3-4,9-10H2,(H,14,15). The first-order chi connectivity index (χ1) is 8.24. The van der Waals surface area contributed by atoms with Gasteiger partial charge >= 0.3 is 5.97 Å². The number of unbranched alkanes of at least 4 members (excludes halogenated alkanes) is 1. The van der Waals surface area contributed by atoms with E-state index in [1.165, 1.54) is 18.4 Å². The topological polar surface area (TPSA) is 55.8 Å². The van der Waals surface area contributed by atoms with Crippen LogP contribution in [0.25, 0.3) is 0 Å². The molecule has 0 atom stereocenters. The summed E-state index contributed by atoms with van der Waals surface area (Å²) in [5, 5.41) is 8.71. The highest BCUT2D eigenvalue weighted by Gasteiger charge is 2.01. The molecule has 4 heteroatoms. The number of hydrogen-bond donors (Lipinski definition) is 1. The summed E-state index contributed by atoms with van der Waals surface area (Å²) in [6.45, 7) is 4.68. The van der Waals surface area contributed by atoms with Crippen molar-refractivity contribution in [2.24, 2.45) is 0 Å². The van der Waals surface area contributed by atoms with Crippen LogP contribution in [0.4, 0.5) is 0 Å². The zero-order chi connectivity index (χ0) is 12.5. The third-order valence-corrected chi connectivity index (χ3v) is 2.14. The molecule has 1 N–H and O–H groups in total. The SMILES string of the molecule is C=COCCCCOc1ccc(C(=O)O)cc1. The van der Waals surface area contributed by atoms with Crippen LogP contribution in [0, 0.1) is 0 Å². The van der Waals surface area contributed by atoms with Gasteiger partial charge in [-0.15, -0.1) is 0 Å². The van der Waals surface area contributed by atoms with Gasteiger partial charge in [-0.05, 0) is 37.1 Å². The second-order valence-electron chi connectivity index (χ2n) is 3.42. The fourth-order valence-electron chi connectivity index (χ4n) is 1.25. The summed E-state index contributed by atoms with van der Waals surface area (Å²) in [5.41, 5.74) is 0.261. The number of ether oxygens (including phenoxy) is 2. The van der Waals surface area contributed by atoms with Crippen LogP contribution in [0.3, 0.4) is 0 Å². The van der Waals surface area contributed by atoms with Crippen LogP contribution in [0.15, 0.2) is 37.1 Å². The molecule has 0 fully saturated rings. The van der Waals surface area contributed by atoms with E-state index in [0.29, 0.717) is 19.0 Å². The second-order valence-corrected chi connectivity index (χ2v) is 3.42. The predicted octanol–water partition coefficient (Wildman–Crippen LogP) is 2.70. The maximum Gasteiger partial charge on any atom is 0.335 e. The van der Waals surface area contributed by atoms with E-state index in [2.05, 4.69) is 6.58 Å². The third-order valence-electron chi connectivity index (χ3n) is 2.14. The van der Waals surface area contributed by atoms with Gasteiger partial charge in [0.25, 0.3) is 0 Å². The van der Waals surface area contributed by atoms with Crippen molar-refractivity contribution in [2.75, 3.05) is 13.2 Å². The molecule has 0 aliphatic rings. The molecule has 0 radical (unpaired) electrons. The largest absolute Gasteiger partial charge is 0.502 e. The van der Waals surface area contributed by atoms with E-state index in [4.69, 9.17) is 14.6 Å². The van der Waals surface area contributed by atoms with Crippen molar-refractivity contribution in [3.63, 3.8) is 0 Å². The van der Waals surface area contributed by atoms with Crippen LogP contribution < -0.4 is 4.74 Å². The molecule has 0 unspecified atom stereocenters. The molecule has 0 amide bonds. The summed E-state index contributed by atoms with van der Waals surface area (Å²) in [6, 6.07) is 6.37. The molecule has 1 aromatic rings. The van der Waals surface area contributed by atoms with Crippen molar-refractivity contribution in [1.29, 1.82) is 0 Å². The maximum atomic E-state index is 10.6. The molecule has 17 heavy (non-hydrogen) atoms. The molecule has 0 aromatic heterocycles. The monoisotopic (exact) mass is 236 g/mol. The Kier molecular flexibility index (Phi) is 5.64. The Labute approximate surface area is 100 Å². The van der Waals surface area contributed by atoms with E-state index in [-0.39, 0.29) is 5.56 Å². The third kappa shape index (κ3) is 5.06. The molecule has 0 saturated heterocycles. The van der Waals surface area contributed by atoms with Gasteiger partial charge in [-0.25, -0.2) is 4.79 Å². The van der Waals surface area contributed by atoms with E-state index in [0.717, 1.165) is 12.8 Å². The first-order valence-electron chi connectivity index (χ1n) is 5.42. The van der Waals surface area contributed by atoms with Crippen LogP contribution in [0.2, 0.25) is 0 Å². The number of carboxylic acids is 1. The Morgan fingerprint density at radius 3 is 2.47 bits per heavy atom. The molecule has 0 bridgehead atoms. The summed E-state index contributed by atoms with van der Waals surface area (Å²) in [5.74, 6) is -0.252. The van der Waals surface area contributed by atoms with Crippen LogP contribution in [-0.2, 0) is 4.74 Å². The Morgan fingerprint density at radius 1 is 1.24 bits per heavy atom. The highest BCUT2D eigenvalue weighted by atomic mass is 16.5. The number of carboxylic acid groups (broad SMARTS) is 1. The van der Waals surface area contributed by atoms with Crippen LogP contribution in [0.1, 0.15) is 23.2 Å². The van der Waals surface area contributed by atoms with Crippen molar-refractivity contribution in [3.8, 4) is 5.75 Å². The van der Waals surface area contributed by atoms with Gasteiger partial charge in [0.1, 0.15) is 5.75 Å². The lowest BCUT2D eigenvalue weighted by atomic mass is 10.2. The molecule has 0 spiro atoms. The normalized spacial score (nSPS) is 9.65. The molecule has 0 aliphatic carbocycles. The van der Waals surface area contributed by atoms with E-state index in [1.807, 2.05) is 0 Å². The lowest BCUT2D eigenvalue weighted by Crippen LogP contribution is -2.00. The molecule has 1 rings (SSSR count). The molecular weight excluding hydrogens is 220 g/mol. The molecule has 4 nitrogen and oxygen atoms in total. The van der Waals surface area contributed by atoms with E-state index in [9.17, 15) is 4.79 Å². The number of aromatic carboxylic acids is 1. The molecule has 0 saturated carbocycles. The minimum absolute atomic E-state index is 0.261. The maximum absolute atomic E-state index is 10.6. The summed E-state index contributed by atoms with van der Waals surface area (Å²) in [6.07, 6.45) is 3.21. The van der Waals surface area contributed by atoms with Gasteiger partial charge in [-0.3, -0.25) is 0 Å². The summed E-state index contributed by atoms with van der Waals surface area (Å²) in [7, 11) is 0. The number of carbonyl (C=O) groups is 1. The molecular formula is C13H16O4. The molecule has 0 heterocycles. The van der Waals surface area contributed by atoms with Crippen molar-refractivity contribution in [3.05, 3.63) is 42.7 Å². The van der Waals surface area contributed by atoms with Crippen molar-refractivity contribution in [1.82, 2.24) is 0 Å². The Morgan fingerprint density at radius 2 is 1.88 bits per heavy atom. The lowest BCUT2D eigenvalue weighted by molar-refractivity contribution is 0.0697. The van der Waals surface area contributed by atoms with Crippen LogP contribution in [-0.4, -0.2) is 24.3 Å². The first kappa shape index (κ1) is 13.1. The van der Waals surface area contributed by atoms with Gasteiger partial charge in [0, 0.05) is 0 Å². The van der Waals surface area contributed by atoms with E-state index < -0.39 is 5.97 Å². The van der Waals surface area contributed by atoms with E-state index >= 15 is 0 Å². The Bertz CT molecular complexity index is 356. The zero-order valence-corrected chi connectivity index (χ0v) is 9.59. The fraction of sp³-hybridized carbons (Fsp3) is 0.308. The number of hydrogen-bond acceptors (Lipinski definition) is 3. The van der Waals surface area contributed by atoms with Gasteiger partial charge in [0.2, 0.25) is 0 Å². The minimum Gasteiger partial charge on any atom is -0.502 e. The fourth-order valence-corrected chi connectivity index (χ4v) is 1.25. The Balaban J connectivity index is 2.23. The highest BCUT2D eigenvalue weighted by molar-refractivity contribution is 5.87. The highest BCUT2D eigenvalue weighted by Crippen LogP contribution is 2.12. The quantitative estimate of drug-likeness (QED) is 0.557. The van der Waals surface area contributed by atoms with Crippen LogP contribution in [0.5, 0.6) is 5.75 Å². The second kappa shape index (κ2) is 7.33. The summed E-state index contributed by atoms with van der Waals surface area (Å²) < 4.78 is 10.4. The van der Waals surface area contributed by atoms with Gasteiger partial charge in [0.15, 0.2) is 0 Å². The average Bonchev–Trinajstić information content (AvgIpc) is 2.34. The van der Waals surface area contributed by atoms with Crippen molar-refractivity contribution in [2.45, 2.75) is 12.8 Å². The first-order valence-corrected chi connectivity index (χ1v) is 5.42. The van der Waals surface area contributed by atoms with Gasteiger partial charge in [-0.1, -0.05) is 6.58 Å². The van der Waals surface area contributed by atoms with Gasteiger partial charge in [0.05, 0.1) is 25.0 Å². The minimum atomic E-state index is -0.932. The molecule has 92 valence electrons. The predicted molar refractivity (Wildman–Crippen MR) is 64.3 cm³/mol.